The molecule has 4 N–H and O–H groups in total. The molecule has 21 heavy (non-hydrogen) atoms. The van der Waals surface area contributed by atoms with Crippen molar-refractivity contribution >= 4 is 22.7 Å². The van der Waals surface area contributed by atoms with Crippen molar-refractivity contribution < 1.29 is 4.74 Å². The van der Waals surface area contributed by atoms with Crippen molar-refractivity contribution in [1.82, 2.24) is 15.0 Å². The van der Waals surface area contributed by atoms with E-state index in [1.54, 1.807) is 0 Å². The molecule has 2 aromatic heterocycles. The highest BCUT2D eigenvalue weighted by Crippen LogP contribution is 2.26. The third-order valence-electron chi connectivity index (χ3n) is 2.99. The van der Waals surface area contributed by atoms with Gasteiger partial charge in [-0.25, -0.2) is 9.97 Å². The van der Waals surface area contributed by atoms with E-state index in [2.05, 4.69) is 15.0 Å². The summed E-state index contributed by atoms with van der Waals surface area (Å²) in [4.78, 5) is 12.9. The maximum absolute atomic E-state index is 5.81. The highest BCUT2D eigenvalue weighted by molar-refractivity contribution is 5.83. The van der Waals surface area contributed by atoms with Crippen LogP contribution in [0.15, 0.2) is 36.4 Å². The standard InChI is InChI=1S/C15H15N5O/c1-2-21-14-13-12(19-15(17)20-14)7-6-11(18-13)9-4-3-5-10(16)8-9/h3-8H,2,16H2,1H3,(H2,17,19,20). The molecule has 0 atom stereocenters. The van der Waals surface area contributed by atoms with Crippen LogP contribution in [0.2, 0.25) is 0 Å². The fourth-order valence-electron chi connectivity index (χ4n) is 2.10. The molecule has 0 saturated carbocycles. The molecule has 0 aliphatic rings. The van der Waals surface area contributed by atoms with E-state index in [-0.39, 0.29) is 5.95 Å². The highest BCUT2D eigenvalue weighted by Gasteiger charge is 2.10. The van der Waals surface area contributed by atoms with Gasteiger partial charge in [-0.2, -0.15) is 4.98 Å². The van der Waals surface area contributed by atoms with Crippen LogP contribution in [0.4, 0.5) is 11.6 Å². The molecule has 106 valence electrons. The third-order valence-corrected chi connectivity index (χ3v) is 2.99. The lowest BCUT2D eigenvalue weighted by atomic mass is 10.1. The number of pyridine rings is 1. The zero-order valence-corrected chi connectivity index (χ0v) is 11.6. The number of nitrogen functional groups attached to an aromatic ring is 2. The molecule has 3 aromatic rings. The van der Waals surface area contributed by atoms with Gasteiger partial charge in [-0.15, -0.1) is 0 Å². The number of rotatable bonds is 3. The van der Waals surface area contributed by atoms with Gasteiger partial charge in [0, 0.05) is 11.3 Å². The molecular formula is C15H15N5O. The Morgan fingerprint density at radius 2 is 1.90 bits per heavy atom. The van der Waals surface area contributed by atoms with Gasteiger partial charge in [-0.1, -0.05) is 12.1 Å². The van der Waals surface area contributed by atoms with Crippen LogP contribution in [-0.4, -0.2) is 21.6 Å². The number of fused-ring (bicyclic) bond motifs is 1. The summed E-state index contributed by atoms with van der Waals surface area (Å²) in [5.74, 6) is 0.565. The van der Waals surface area contributed by atoms with Gasteiger partial charge in [-0.05, 0) is 31.2 Å². The Kier molecular flexibility index (Phi) is 3.27. The van der Waals surface area contributed by atoms with Gasteiger partial charge in [-0.3, -0.25) is 0 Å². The number of anilines is 2. The van der Waals surface area contributed by atoms with E-state index in [9.17, 15) is 0 Å². The SMILES string of the molecule is CCOc1nc(N)nc2ccc(-c3cccc(N)c3)nc12. The van der Waals surface area contributed by atoms with Gasteiger partial charge >= 0.3 is 0 Å². The fraction of sp³-hybridized carbons (Fsp3) is 0.133. The summed E-state index contributed by atoms with van der Waals surface area (Å²) in [6.07, 6.45) is 0. The van der Waals surface area contributed by atoms with Gasteiger partial charge in [0.05, 0.1) is 17.8 Å². The number of hydrogen-bond donors (Lipinski definition) is 2. The Morgan fingerprint density at radius 3 is 2.67 bits per heavy atom. The zero-order valence-electron chi connectivity index (χ0n) is 11.6. The summed E-state index contributed by atoms with van der Waals surface area (Å²) >= 11 is 0. The number of nitrogens with zero attached hydrogens (tertiary/aromatic N) is 3. The largest absolute Gasteiger partial charge is 0.476 e. The van der Waals surface area contributed by atoms with E-state index in [0.717, 1.165) is 11.3 Å². The van der Waals surface area contributed by atoms with Gasteiger partial charge in [0.15, 0.2) is 5.52 Å². The van der Waals surface area contributed by atoms with E-state index >= 15 is 0 Å². The lowest BCUT2D eigenvalue weighted by Crippen LogP contribution is -2.02. The molecule has 0 aliphatic heterocycles. The molecule has 0 spiro atoms. The minimum Gasteiger partial charge on any atom is -0.476 e. The molecule has 0 amide bonds. The van der Waals surface area contributed by atoms with Crippen molar-refractivity contribution in [2.75, 3.05) is 18.1 Å². The van der Waals surface area contributed by atoms with E-state index in [1.807, 2.05) is 43.3 Å². The van der Waals surface area contributed by atoms with E-state index in [1.165, 1.54) is 0 Å². The van der Waals surface area contributed by atoms with Crippen molar-refractivity contribution in [3.63, 3.8) is 0 Å². The van der Waals surface area contributed by atoms with Crippen molar-refractivity contribution in [3.05, 3.63) is 36.4 Å². The second kappa shape index (κ2) is 5.24. The molecule has 0 radical (unpaired) electrons. The van der Waals surface area contributed by atoms with Gasteiger partial charge in [0.2, 0.25) is 11.8 Å². The molecule has 3 rings (SSSR count). The fourth-order valence-corrected chi connectivity index (χ4v) is 2.10. The van der Waals surface area contributed by atoms with Crippen LogP contribution in [0.1, 0.15) is 6.92 Å². The van der Waals surface area contributed by atoms with Gasteiger partial charge < -0.3 is 16.2 Å². The van der Waals surface area contributed by atoms with E-state index < -0.39 is 0 Å². The first-order chi connectivity index (χ1) is 10.2. The maximum atomic E-state index is 5.81. The van der Waals surface area contributed by atoms with Gasteiger partial charge in [0.25, 0.3) is 0 Å². The molecule has 1 aromatic carbocycles. The van der Waals surface area contributed by atoms with Crippen LogP contribution in [0, 0.1) is 0 Å². The van der Waals surface area contributed by atoms with E-state index in [4.69, 9.17) is 16.2 Å². The zero-order chi connectivity index (χ0) is 14.8. The molecule has 6 nitrogen and oxygen atoms in total. The molecule has 0 bridgehead atoms. The Labute approximate surface area is 121 Å². The van der Waals surface area contributed by atoms with Crippen LogP contribution in [0.3, 0.4) is 0 Å². The lowest BCUT2D eigenvalue weighted by molar-refractivity contribution is 0.330. The first-order valence-electron chi connectivity index (χ1n) is 6.60. The predicted octanol–water partition coefficient (Wildman–Crippen LogP) is 2.25. The van der Waals surface area contributed by atoms with Crippen LogP contribution in [-0.2, 0) is 0 Å². The number of nitrogens with two attached hydrogens (primary N) is 2. The molecule has 2 heterocycles. The molecule has 6 heteroatoms. The van der Waals surface area contributed by atoms with Crippen molar-refractivity contribution in [3.8, 4) is 17.1 Å². The molecular weight excluding hydrogens is 266 g/mol. The Bertz CT molecular complexity index is 803. The molecule has 0 saturated heterocycles. The maximum Gasteiger partial charge on any atom is 0.245 e. The first kappa shape index (κ1) is 13.1. The third kappa shape index (κ3) is 2.55. The van der Waals surface area contributed by atoms with Crippen LogP contribution >= 0.6 is 0 Å². The van der Waals surface area contributed by atoms with Crippen LogP contribution in [0.5, 0.6) is 5.88 Å². The van der Waals surface area contributed by atoms with Crippen molar-refractivity contribution in [2.45, 2.75) is 6.92 Å². The summed E-state index contributed by atoms with van der Waals surface area (Å²) in [6.45, 7) is 2.36. The van der Waals surface area contributed by atoms with Crippen molar-refractivity contribution in [1.29, 1.82) is 0 Å². The first-order valence-corrected chi connectivity index (χ1v) is 6.60. The average molecular weight is 281 g/mol. The predicted molar refractivity (Wildman–Crippen MR) is 82.8 cm³/mol. The monoisotopic (exact) mass is 281 g/mol. The normalized spacial score (nSPS) is 10.7. The highest BCUT2D eigenvalue weighted by atomic mass is 16.5. The second-order valence-electron chi connectivity index (χ2n) is 4.51. The molecule has 0 aliphatic carbocycles. The Hall–Kier alpha value is -2.89. The second-order valence-corrected chi connectivity index (χ2v) is 4.51. The molecule has 0 unspecified atom stereocenters. The summed E-state index contributed by atoms with van der Waals surface area (Å²) < 4.78 is 5.50. The summed E-state index contributed by atoms with van der Waals surface area (Å²) in [6, 6.07) is 11.3. The quantitative estimate of drug-likeness (QED) is 0.714. The van der Waals surface area contributed by atoms with Gasteiger partial charge in [0.1, 0.15) is 0 Å². The average Bonchev–Trinajstić information content (AvgIpc) is 2.47. The number of hydrogen-bond acceptors (Lipinski definition) is 6. The summed E-state index contributed by atoms with van der Waals surface area (Å²) in [5, 5.41) is 0. The lowest BCUT2D eigenvalue weighted by Gasteiger charge is -2.08. The smallest absolute Gasteiger partial charge is 0.245 e. The number of aromatic nitrogens is 3. The summed E-state index contributed by atoms with van der Waals surface area (Å²) in [5.41, 5.74) is 15.1. The summed E-state index contributed by atoms with van der Waals surface area (Å²) in [7, 11) is 0. The number of benzene rings is 1. The Morgan fingerprint density at radius 1 is 1.05 bits per heavy atom. The molecule has 0 fully saturated rings. The minimum atomic E-state index is 0.171. The van der Waals surface area contributed by atoms with Crippen LogP contribution in [0.25, 0.3) is 22.3 Å². The van der Waals surface area contributed by atoms with Crippen LogP contribution < -0.4 is 16.2 Å². The van der Waals surface area contributed by atoms with E-state index in [0.29, 0.717) is 29.2 Å². The number of ether oxygens (including phenoxy) is 1. The Balaban J connectivity index is 2.19. The van der Waals surface area contributed by atoms with Crippen molar-refractivity contribution in [2.24, 2.45) is 0 Å². The topological polar surface area (TPSA) is 99.9 Å². The minimum absolute atomic E-state index is 0.171.